The first-order valence-electron chi connectivity index (χ1n) is 9.18. The van der Waals surface area contributed by atoms with E-state index in [-0.39, 0.29) is 12.1 Å². The van der Waals surface area contributed by atoms with E-state index in [1.165, 1.54) is 12.3 Å². The smallest absolute Gasteiger partial charge is 0.262 e. The van der Waals surface area contributed by atoms with Gasteiger partial charge in [0.05, 0.1) is 17.3 Å². The molecule has 0 unspecified atom stereocenters. The Morgan fingerprint density at radius 3 is 2.60 bits per heavy atom. The van der Waals surface area contributed by atoms with Crippen molar-refractivity contribution < 1.29 is 18.7 Å². The average Bonchev–Trinajstić information content (AvgIpc) is 3.29. The molecule has 7 heteroatoms. The minimum atomic E-state index is -0.469. The quantitative estimate of drug-likeness (QED) is 0.280. The molecule has 3 aromatic rings. The van der Waals surface area contributed by atoms with E-state index in [2.05, 4.69) is 21.2 Å². The van der Waals surface area contributed by atoms with Gasteiger partial charge in [-0.15, -0.1) is 0 Å². The molecule has 2 aromatic carbocycles. The SMILES string of the molecule is N#CC(=Cc1ccc(OCCOc2ccccc2)c(Br)c1)C(=O)NCc1ccco1. The van der Waals surface area contributed by atoms with Crippen LogP contribution in [0.1, 0.15) is 11.3 Å². The topological polar surface area (TPSA) is 84.5 Å². The van der Waals surface area contributed by atoms with Crippen LogP contribution in [0.4, 0.5) is 0 Å². The van der Waals surface area contributed by atoms with Gasteiger partial charge in [0.15, 0.2) is 0 Å². The monoisotopic (exact) mass is 466 g/mol. The molecule has 0 atom stereocenters. The van der Waals surface area contributed by atoms with Gasteiger partial charge in [-0.3, -0.25) is 4.79 Å². The summed E-state index contributed by atoms with van der Waals surface area (Å²) in [6, 6.07) is 20.2. The Balaban J connectivity index is 1.54. The van der Waals surface area contributed by atoms with Gasteiger partial charge in [-0.2, -0.15) is 5.26 Å². The number of rotatable bonds is 9. The fraction of sp³-hybridized carbons (Fsp3) is 0.130. The second kappa shape index (κ2) is 10.9. The number of hydrogen-bond donors (Lipinski definition) is 1. The first kappa shape index (κ1) is 21.2. The van der Waals surface area contributed by atoms with E-state index in [1.54, 1.807) is 30.3 Å². The molecule has 0 aliphatic rings. The van der Waals surface area contributed by atoms with Crippen LogP contribution in [-0.4, -0.2) is 19.1 Å². The third-order valence-corrected chi connectivity index (χ3v) is 4.61. The van der Waals surface area contributed by atoms with Crippen LogP contribution in [0.2, 0.25) is 0 Å². The lowest BCUT2D eigenvalue weighted by molar-refractivity contribution is -0.117. The van der Waals surface area contributed by atoms with Crippen molar-refractivity contribution in [3.05, 3.63) is 88.3 Å². The zero-order valence-electron chi connectivity index (χ0n) is 16.0. The van der Waals surface area contributed by atoms with Gasteiger partial charge in [0.1, 0.15) is 42.1 Å². The molecule has 1 heterocycles. The van der Waals surface area contributed by atoms with Crippen molar-refractivity contribution in [3.8, 4) is 17.6 Å². The molecule has 1 N–H and O–H groups in total. The van der Waals surface area contributed by atoms with Crippen molar-refractivity contribution in [1.29, 1.82) is 5.26 Å². The molecule has 1 amide bonds. The summed E-state index contributed by atoms with van der Waals surface area (Å²) in [6.45, 7) is 1.00. The van der Waals surface area contributed by atoms with E-state index in [0.717, 1.165) is 5.75 Å². The summed E-state index contributed by atoms with van der Waals surface area (Å²) < 4.78 is 17.2. The Labute approximate surface area is 182 Å². The van der Waals surface area contributed by atoms with Crippen LogP contribution in [-0.2, 0) is 11.3 Å². The highest BCUT2D eigenvalue weighted by molar-refractivity contribution is 9.10. The number of nitrogens with one attached hydrogen (secondary N) is 1. The Morgan fingerprint density at radius 2 is 1.90 bits per heavy atom. The van der Waals surface area contributed by atoms with Crippen molar-refractivity contribution >= 4 is 27.9 Å². The molecule has 1 aromatic heterocycles. The maximum Gasteiger partial charge on any atom is 0.262 e. The van der Waals surface area contributed by atoms with Crippen molar-refractivity contribution in [1.82, 2.24) is 5.32 Å². The lowest BCUT2D eigenvalue weighted by Gasteiger charge is -2.10. The second-order valence-corrected chi connectivity index (χ2v) is 6.99. The minimum Gasteiger partial charge on any atom is -0.490 e. The summed E-state index contributed by atoms with van der Waals surface area (Å²) in [7, 11) is 0. The molecule has 0 saturated carbocycles. The van der Waals surface area contributed by atoms with Crippen LogP contribution in [0.15, 0.2) is 81.4 Å². The Hall–Kier alpha value is -3.50. The van der Waals surface area contributed by atoms with Gasteiger partial charge >= 0.3 is 0 Å². The minimum absolute atomic E-state index is 0.00149. The molecule has 0 fully saturated rings. The lowest BCUT2D eigenvalue weighted by Crippen LogP contribution is -2.23. The Kier molecular flexibility index (Phi) is 7.70. The summed E-state index contributed by atoms with van der Waals surface area (Å²) >= 11 is 3.46. The van der Waals surface area contributed by atoms with Crippen LogP contribution >= 0.6 is 15.9 Å². The van der Waals surface area contributed by atoms with Crippen molar-refractivity contribution in [3.63, 3.8) is 0 Å². The first-order chi connectivity index (χ1) is 14.7. The number of nitrogens with zero attached hydrogens (tertiary/aromatic N) is 1. The molecule has 152 valence electrons. The summed E-state index contributed by atoms with van der Waals surface area (Å²) in [5, 5.41) is 12.0. The number of ether oxygens (including phenoxy) is 2. The van der Waals surface area contributed by atoms with Crippen LogP contribution in [0.5, 0.6) is 11.5 Å². The van der Waals surface area contributed by atoms with E-state index in [4.69, 9.17) is 13.9 Å². The number of nitriles is 1. The number of amides is 1. The van der Waals surface area contributed by atoms with E-state index < -0.39 is 5.91 Å². The predicted molar refractivity (Wildman–Crippen MR) is 116 cm³/mol. The molecular weight excluding hydrogens is 448 g/mol. The highest BCUT2D eigenvalue weighted by Gasteiger charge is 2.10. The first-order valence-corrected chi connectivity index (χ1v) is 9.97. The van der Waals surface area contributed by atoms with Gasteiger partial charge in [0.2, 0.25) is 0 Å². The molecule has 0 aliphatic carbocycles. The number of para-hydroxylation sites is 1. The number of benzene rings is 2. The van der Waals surface area contributed by atoms with Crippen LogP contribution in [0.25, 0.3) is 6.08 Å². The number of carbonyl (C=O) groups excluding carboxylic acids is 1. The zero-order valence-corrected chi connectivity index (χ0v) is 17.6. The summed E-state index contributed by atoms with van der Waals surface area (Å²) in [5.41, 5.74) is 0.692. The molecule has 0 bridgehead atoms. The summed E-state index contributed by atoms with van der Waals surface area (Å²) in [5.74, 6) is 1.57. The van der Waals surface area contributed by atoms with Crippen LogP contribution in [0, 0.1) is 11.3 Å². The molecular formula is C23H19BrN2O4. The van der Waals surface area contributed by atoms with E-state index in [9.17, 15) is 10.1 Å². The maximum atomic E-state index is 12.2. The molecule has 6 nitrogen and oxygen atoms in total. The normalized spacial score (nSPS) is 10.9. The van der Waals surface area contributed by atoms with Gasteiger partial charge in [0.25, 0.3) is 5.91 Å². The van der Waals surface area contributed by atoms with E-state index in [1.807, 2.05) is 36.4 Å². The van der Waals surface area contributed by atoms with Gasteiger partial charge < -0.3 is 19.2 Å². The Morgan fingerprint density at radius 1 is 1.10 bits per heavy atom. The fourth-order valence-electron chi connectivity index (χ4n) is 2.54. The summed E-state index contributed by atoms with van der Waals surface area (Å²) in [6.07, 6.45) is 3.04. The van der Waals surface area contributed by atoms with Gasteiger partial charge in [-0.25, -0.2) is 0 Å². The molecule has 0 spiro atoms. The molecule has 0 saturated heterocycles. The van der Waals surface area contributed by atoms with E-state index >= 15 is 0 Å². The van der Waals surface area contributed by atoms with Crippen molar-refractivity contribution in [2.75, 3.05) is 13.2 Å². The molecule has 0 aliphatic heterocycles. The third kappa shape index (κ3) is 6.26. The predicted octanol–water partition coefficient (Wildman–Crippen LogP) is 4.72. The Bertz CT molecular complexity index is 1040. The lowest BCUT2D eigenvalue weighted by atomic mass is 10.1. The molecule has 0 radical (unpaired) electrons. The van der Waals surface area contributed by atoms with Crippen molar-refractivity contribution in [2.24, 2.45) is 0 Å². The standard InChI is InChI=1S/C23H19BrN2O4/c24-21-14-17(13-18(15-25)23(27)26-16-20-7-4-10-28-20)8-9-22(21)30-12-11-29-19-5-2-1-3-6-19/h1-10,13-14H,11-12,16H2,(H,26,27). The van der Waals surface area contributed by atoms with Gasteiger partial charge in [0, 0.05) is 0 Å². The molecule has 3 rings (SSSR count). The number of hydrogen-bond acceptors (Lipinski definition) is 5. The maximum absolute atomic E-state index is 12.2. The van der Waals surface area contributed by atoms with Gasteiger partial charge in [-0.05, 0) is 64.0 Å². The fourth-order valence-corrected chi connectivity index (χ4v) is 3.05. The highest BCUT2D eigenvalue weighted by Crippen LogP contribution is 2.27. The van der Waals surface area contributed by atoms with Gasteiger partial charge in [-0.1, -0.05) is 24.3 Å². The number of halogens is 1. The van der Waals surface area contributed by atoms with Crippen LogP contribution in [0.3, 0.4) is 0 Å². The largest absolute Gasteiger partial charge is 0.490 e. The molecule has 30 heavy (non-hydrogen) atoms. The highest BCUT2D eigenvalue weighted by atomic mass is 79.9. The summed E-state index contributed by atoms with van der Waals surface area (Å²) in [4.78, 5) is 12.2. The zero-order chi connectivity index (χ0) is 21.2. The number of furan rings is 1. The van der Waals surface area contributed by atoms with E-state index in [0.29, 0.717) is 34.8 Å². The van der Waals surface area contributed by atoms with Crippen LogP contribution < -0.4 is 14.8 Å². The van der Waals surface area contributed by atoms with Crippen molar-refractivity contribution in [2.45, 2.75) is 6.54 Å². The second-order valence-electron chi connectivity index (χ2n) is 6.13. The number of carbonyl (C=O) groups is 1. The third-order valence-electron chi connectivity index (χ3n) is 3.99. The average molecular weight is 467 g/mol.